The Hall–Kier alpha value is -1.20. The van der Waals surface area contributed by atoms with E-state index >= 15 is 0 Å². The lowest BCUT2D eigenvalue weighted by atomic mass is 10.3. The molecule has 2 rings (SSSR count). The van der Waals surface area contributed by atoms with Gasteiger partial charge in [-0.15, -0.1) is 0 Å². The van der Waals surface area contributed by atoms with Gasteiger partial charge >= 0.3 is 0 Å². The first-order chi connectivity index (χ1) is 9.66. The number of para-hydroxylation sites is 1. The van der Waals surface area contributed by atoms with E-state index in [2.05, 4.69) is 31.9 Å². The monoisotopic (exact) mass is 399 g/mol. The Balaban J connectivity index is 1.74. The van der Waals surface area contributed by atoms with Gasteiger partial charge in [-0.1, -0.05) is 12.1 Å². The van der Waals surface area contributed by atoms with Crippen molar-refractivity contribution in [2.75, 3.05) is 18.9 Å². The molecule has 0 saturated carbocycles. The van der Waals surface area contributed by atoms with Gasteiger partial charge in [0, 0.05) is 18.2 Å². The molecule has 0 unspecified atom stereocenters. The van der Waals surface area contributed by atoms with E-state index in [1.54, 1.807) is 0 Å². The SMILES string of the molecule is Nc1cccc(OCCCOc2c(Br)cccc2Br)c1. The van der Waals surface area contributed by atoms with Gasteiger partial charge in [-0.05, 0) is 56.1 Å². The van der Waals surface area contributed by atoms with Crippen LogP contribution < -0.4 is 15.2 Å². The van der Waals surface area contributed by atoms with Crippen molar-refractivity contribution >= 4 is 37.5 Å². The molecule has 0 atom stereocenters. The lowest BCUT2D eigenvalue weighted by Crippen LogP contribution is -2.05. The van der Waals surface area contributed by atoms with Crippen molar-refractivity contribution in [2.24, 2.45) is 0 Å². The molecular weight excluding hydrogens is 386 g/mol. The van der Waals surface area contributed by atoms with E-state index in [9.17, 15) is 0 Å². The van der Waals surface area contributed by atoms with Crippen molar-refractivity contribution in [2.45, 2.75) is 6.42 Å². The molecule has 2 aromatic carbocycles. The van der Waals surface area contributed by atoms with E-state index in [4.69, 9.17) is 15.2 Å². The summed E-state index contributed by atoms with van der Waals surface area (Å²) in [5, 5.41) is 0. The topological polar surface area (TPSA) is 44.5 Å². The molecule has 2 aromatic rings. The van der Waals surface area contributed by atoms with Crippen LogP contribution in [0.25, 0.3) is 0 Å². The molecule has 0 fully saturated rings. The first kappa shape index (κ1) is 15.2. The molecule has 0 aromatic heterocycles. The van der Waals surface area contributed by atoms with Crippen molar-refractivity contribution in [3.63, 3.8) is 0 Å². The van der Waals surface area contributed by atoms with Gasteiger partial charge in [0.05, 0.1) is 22.2 Å². The Morgan fingerprint density at radius 1 is 0.900 bits per heavy atom. The lowest BCUT2D eigenvalue weighted by molar-refractivity contribution is 0.246. The van der Waals surface area contributed by atoms with Crippen LogP contribution >= 0.6 is 31.9 Å². The molecular formula is C15H15Br2NO2. The summed E-state index contributed by atoms with van der Waals surface area (Å²) < 4.78 is 13.2. The molecule has 2 N–H and O–H groups in total. The molecule has 20 heavy (non-hydrogen) atoms. The van der Waals surface area contributed by atoms with Crippen LogP contribution in [0.4, 0.5) is 5.69 Å². The van der Waals surface area contributed by atoms with Gasteiger partial charge in [-0.3, -0.25) is 0 Å². The standard InChI is InChI=1S/C15H15Br2NO2/c16-13-6-2-7-14(17)15(13)20-9-3-8-19-12-5-1-4-11(18)10-12/h1-2,4-7,10H,3,8-9,18H2. The average Bonchev–Trinajstić information content (AvgIpc) is 2.41. The average molecular weight is 401 g/mol. The highest BCUT2D eigenvalue weighted by atomic mass is 79.9. The van der Waals surface area contributed by atoms with E-state index in [1.165, 1.54) is 0 Å². The van der Waals surface area contributed by atoms with Crippen molar-refractivity contribution in [3.8, 4) is 11.5 Å². The van der Waals surface area contributed by atoms with Crippen LogP contribution in [0.15, 0.2) is 51.4 Å². The summed E-state index contributed by atoms with van der Waals surface area (Å²) in [5.74, 6) is 1.60. The molecule has 0 radical (unpaired) electrons. The number of anilines is 1. The summed E-state index contributed by atoms with van der Waals surface area (Å²) in [6.07, 6.45) is 0.794. The summed E-state index contributed by atoms with van der Waals surface area (Å²) >= 11 is 6.92. The second-order valence-electron chi connectivity index (χ2n) is 4.17. The van der Waals surface area contributed by atoms with E-state index in [-0.39, 0.29) is 0 Å². The fourth-order valence-electron chi connectivity index (χ4n) is 1.65. The number of ether oxygens (including phenoxy) is 2. The normalized spacial score (nSPS) is 10.3. The van der Waals surface area contributed by atoms with Crippen LogP contribution in [0.1, 0.15) is 6.42 Å². The van der Waals surface area contributed by atoms with Gasteiger partial charge in [-0.2, -0.15) is 0 Å². The third kappa shape index (κ3) is 4.42. The largest absolute Gasteiger partial charge is 0.493 e. The minimum absolute atomic E-state index is 0.587. The van der Waals surface area contributed by atoms with Gasteiger partial charge in [-0.25, -0.2) is 0 Å². The van der Waals surface area contributed by atoms with Crippen LogP contribution in [-0.4, -0.2) is 13.2 Å². The van der Waals surface area contributed by atoms with Crippen LogP contribution in [0.2, 0.25) is 0 Å². The predicted octanol–water partition coefficient (Wildman–Crippen LogP) is 4.64. The fourth-order valence-corrected chi connectivity index (χ4v) is 2.88. The Labute approximate surface area is 135 Å². The first-order valence-corrected chi connectivity index (χ1v) is 7.80. The molecule has 106 valence electrons. The zero-order valence-corrected chi connectivity index (χ0v) is 14.0. The number of hydrogen-bond donors (Lipinski definition) is 1. The molecule has 0 saturated heterocycles. The maximum atomic E-state index is 5.73. The molecule has 5 heteroatoms. The van der Waals surface area contributed by atoms with Gasteiger partial charge in [0.15, 0.2) is 0 Å². The zero-order valence-electron chi connectivity index (χ0n) is 10.8. The van der Waals surface area contributed by atoms with Gasteiger partial charge in [0.25, 0.3) is 0 Å². The van der Waals surface area contributed by atoms with E-state index in [0.29, 0.717) is 18.9 Å². The minimum atomic E-state index is 0.587. The molecule has 0 aliphatic rings. The Bertz CT molecular complexity index is 555. The molecule has 0 amide bonds. The maximum Gasteiger partial charge on any atom is 0.147 e. The maximum absolute atomic E-state index is 5.73. The molecule has 0 spiro atoms. The summed E-state index contributed by atoms with van der Waals surface area (Å²) in [6, 6.07) is 13.3. The third-order valence-corrected chi connectivity index (χ3v) is 3.83. The molecule has 0 aliphatic heterocycles. The van der Waals surface area contributed by atoms with Crippen LogP contribution in [0, 0.1) is 0 Å². The van der Waals surface area contributed by atoms with Crippen molar-refractivity contribution in [1.29, 1.82) is 0 Å². The Kier molecular flexibility index (Phi) is 5.73. The number of hydrogen-bond acceptors (Lipinski definition) is 3. The highest BCUT2D eigenvalue weighted by molar-refractivity contribution is 9.11. The Morgan fingerprint density at radius 2 is 1.55 bits per heavy atom. The molecule has 0 heterocycles. The summed E-state index contributed by atoms with van der Waals surface area (Å²) in [7, 11) is 0. The Morgan fingerprint density at radius 3 is 2.25 bits per heavy atom. The highest BCUT2D eigenvalue weighted by Crippen LogP contribution is 2.32. The van der Waals surface area contributed by atoms with E-state index in [0.717, 1.165) is 26.9 Å². The zero-order chi connectivity index (χ0) is 14.4. The molecule has 0 bridgehead atoms. The van der Waals surface area contributed by atoms with Gasteiger partial charge in [0.1, 0.15) is 11.5 Å². The number of nitrogen functional groups attached to an aromatic ring is 1. The highest BCUT2D eigenvalue weighted by Gasteiger charge is 2.05. The number of halogens is 2. The third-order valence-electron chi connectivity index (χ3n) is 2.58. The minimum Gasteiger partial charge on any atom is -0.493 e. The van der Waals surface area contributed by atoms with E-state index in [1.807, 2.05) is 42.5 Å². The lowest BCUT2D eigenvalue weighted by Gasteiger charge is -2.11. The molecule has 3 nitrogen and oxygen atoms in total. The van der Waals surface area contributed by atoms with Crippen molar-refractivity contribution < 1.29 is 9.47 Å². The summed E-state index contributed by atoms with van der Waals surface area (Å²) in [6.45, 7) is 1.18. The van der Waals surface area contributed by atoms with Gasteiger partial charge < -0.3 is 15.2 Å². The van der Waals surface area contributed by atoms with Gasteiger partial charge in [0.2, 0.25) is 0 Å². The molecule has 0 aliphatic carbocycles. The predicted molar refractivity (Wildman–Crippen MR) is 88.3 cm³/mol. The number of rotatable bonds is 6. The smallest absolute Gasteiger partial charge is 0.147 e. The van der Waals surface area contributed by atoms with E-state index < -0.39 is 0 Å². The van der Waals surface area contributed by atoms with Crippen LogP contribution in [0.5, 0.6) is 11.5 Å². The summed E-state index contributed by atoms with van der Waals surface area (Å²) in [4.78, 5) is 0. The number of benzene rings is 2. The second-order valence-corrected chi connectivity index (χ2v) is 5.88. The first-order valence-electron chi connectivity index (χ1n) is 6.22. The van der Waals surface area contributed by atoms with Crippen molar-refractivity contribution in [3.05, 3.63) is 51.4 Å². The quantitative estimate of drug-likeness (QED) is 0.567. The second kappa shape index (κ2) is 7.55. The summed E-state index contributed by atoms with van der Waals surface area (Å²) in [5.41, 5.74) is 6.39. The van der Waals surface area contributed by atoms with Crippen molar-refractivity contribution in [1.82, 2.24) is 0 Å². The fraction of sp³-hybridized carbons (Fsp3) is 0.200. The number of nitrogens with two attached hydrogens (primary N) is 1. The van der Waals surface area contributed by atoms with Crippen LogP contribution in [0.3, 0.4) is 0 Å². The van der Waals surface area contributed by atoms with Crippen LogP contribution in [-0.2, 0) is 0 Å².